The summed E-state index contributed by atoms with van der Waals surface area (Å²) in [5.74, 6) is -1.42. The van der Waals surface area contributed by atoms with Crippen molar-refractivity contribution in [3.63, 3.8) is 0 Å². The Labute approximate surface area is 84.8 Å². The van der Waals surface area contributed by atoms with Crippen LogP contribution in [-0.2, 0) is 14.3 Å². The summed E-state index contributed by atoms with van der Waals surface area (Å²) in [6.45, 7) is 0.402. The highest BCUT2D eigenvalue weighted by molar-refractivity contribution is 5.81. The minimum atomic E-state index is -4.43. The predicted molar refractivity (Wildman–Crippen MR) is 44.9 cm³/mol. The van der Waals surface area contributed by atoms with Crippen molar-refractivity contribution in [2.45, 2.75) is 25.9 Å². The predicted octanol–water partition coefficient (Wildman–Crippen LogP) is 1.01. The van der Waals surface area contributed by atoms with Gasteiger partial charge < -0.3 is 10.1 Å². The van der Waals surface area contributed by atoms with E-state index in [2.05, 4.69) is 4.74 Å². The first-order chi connectivity index (χ1) is 6.85. The maximum absolute atomic E-state index is 11.6. The standard InChI is InChI=1S/C8H12F3NO3/c1-2-15-7(14)4-3-6(13)12-5-8(9,10)11/h2-5H2,1H3,(H,12,13). The van der Waals surface area contributed by atoms with E-state index in [0.717, 1.165) is 0 Å². The van der Waals surface area contributed by atoms with Crippen LogP contribution in [0.1, 0.15) is 19.8 Å². The fraction of sp³-hybridized carbons (Fsp3) is 0.750. The fourth-order valence-electron chi connectivity index (χ4n) is 0.736. The first-order valence-electron chi connectivity index (χ1n) is 4.34. The molecule has 88 valence electrons. The Morgan fingerprint density at radius 3 is 2.33 bits per heavy atom. The van der Waals surface area contributed by atoms with Gasteiger partial charge in [-0.3, -0.25) is 9.59 Å². The summed E-state index contributed by atoms with van der Waals surface area (Å²) >= 11 is 0. The fourth-order valence-corrected chi connectivity index (χ4v) is 0.736. The Bertz CT molecular complexity index is 228. The summed E-state index contributed by atoms with van der Waals surface area (Å²) in [5.41, 5.74) is 0. The minimum absolute atomic E-state index is 0.184. The Morgan fingerprint density at radius 1 is 1.27 bits per heavy atom. The number of alkyl halides is 3. The molecule has 0 bridgehead atoms. The van der Waals surface area contributed by atoms with Crippen LogP contribution in [0.2, 0.25) is 0 Å². The van der Waals surface area contributed by atoms with Crippen LogP contribution in [0, 0.1) is 0 Å². The molecule has 1 amide bonds. The Hall–Kier alpha value is -1.27. The molecule has 15 heavy (non-hydrogen) atoms. The van der Waals surface area contributed by atoms with Crippen LogP contribution in [0.15, 0.2) is 0 Å². The van der Waals surface area contributed by atoms with E-state index >= 15 is 0 Å². The van der Waals surface area contributed by atoms with E-state index in [1.165, 1.54) is 0 Å². The molecule has 0 aromatic carbocycles. The van der Waals surface area contributed by atoms with Crippen LogP contribution in [-0.4, -0.2) is 31.2 Å². The second-order valence-electron chi connectivity index (χ2n) is 2.70. The van der Waals surface area contributed by atoms with Crippen molar-refractivity contribution >= 4 is 11.9 Å². The van der Waals surface area contributed by atoms with Crippen molar-refractivity contribution in [2.75, 3.05) is 13.2 Å². The zero-order valence-electron chi connectivity index (χ0n) is 8.19. The Balaban J connectivity index is 3.62. The number of hydrogen-bond donors (Lipinski definition) is 1. The summed E-state index contributed by atoms with van der Waals surface area (Å²) in [4.78, 5) is 21.5. The number of rotatable bonds is 5. The maximum atomic E-state index is 11.6. The van der Waals surface area contributed by atoms with Crippen LogP contribution in [0.3, 0.4) is 0 Å². The quantitative estimate of drug-likeness (QED) is 0.713. The van der Waals surface area contributed by atoms with Crippen LogP contribution < -0.4 is 5.32 Å². The van der Waals surface area contributed by atoms with Gasteiger partial charge in [-0.25, -0.2) is 0 Å². The van der Waals surface area contributed by atoms with E-state index in [9.17, 15) is 22.8 Å². The van der Waals surface area contributed by atoms with Gasteiger partial charge in [-0.15, -0.1) is 0 Å². The molecule has 0 rings (SSSR count). The Kier molecular flexibility index (Phi) is 5.73. The molecule has 0 aromatic rings. The molecule has 0 aliphatic rings. The second kappa shape index (κ2) is 6.26. The van der Waals surface area contributed by atoms with Crippen molar-refractivity contribution in [3.8, 4) is 0 Å². The number of ether oxygens (including phenoxy) is 1. The van der Waals surface area contributed by atoms with Crippen LogP contribution in [0.5, 0.6) is 0 Å². The van der Waals surface area contributed by atoms with Gasteiger partial charge in [0.15, 0.2) is 0 Å². The van der Waals surface area contributed by atoms with Crippen molar-refractivity contribution < 1.29 is 27.5 Å². The average Bonchev–Trinajstić information content (AvgIpc) is 2.11. The smallest absolute Gasteiger partial charge is 0.405 e. The van der Waals surface area contributed by atoms with Crippen LogP contribution in [0.25, 0.3) is 0 Å². The van der Waals surface area contributed by atoms with Gasteiger partial charge in [0, 0.05) is 6.42 Å². The third-order valence-electron chi connectivity index (χ3n) is 1.35. The molecule has 0 atom stereocenters. The number of esters is 1. The molecular formula is C8H12F3NO3. The highest BCUT2D eigenvalue weighted by Crippen LogP contribution is 2.12. The summed E-state index contributed by atoms with van der Waals surface area (Å²) in [6, 6.07) is 0. The third-order valence-corrected chi connectivity index (χ3v) is 1.35. The molecule has 0 aliphatic heterocycles. The normalized spacial score (nSPS) is 10.9. The highest BCUT2D eigenvalue weighted by atomic mass is 19.4. The second-order valence-corrected chi connectivity index (χ2v) is 2.70. The van der Waals surface area contributed by atoms with E-state index in [1.54, 1.807) is 12.2 Å². The van der Waals surface area contributed by atoms with Gasteiger partial charge in [0.2, 0.25) is 5.91 Å². The molecule has 0 radical (unpaired) electrons. The number of carbonyl (C=O) groups excluding carboxylic acids is 2. The first kappa shape index (κ1) is 13.7. The van der Waals surface area contributed by atoms with Gasteiger partial charge in [-0.1, -0.05) is 0 Å². The molecule has 1 N–H and O–H groups in total. The average molecular weight is 227 g/mol. The molecule has 0 heterocycles. The molecule has 0 spiro atoms. The number of halogens is 3. The first-order valence-corrected chi connectivity index (χ1v) is 4.34. The molecule has 0 aromatic heterocycles. The number of carbonyl (C=O) groups is 2. The zero-order valence-corrected chi connectivity index (χ0v) is 8.19. The lowest BCUT2D eigenvalue weighted by Crippen LogP contribution is -2.33. The number of amides is 1. The lowest BCUT2D eigenvalue weighted by Gasteiger charge is -2.07. The monoisotopic (exact) mass is 227 g/mol. The van der Waals surface area contributed by atoms with E-state index in [0.29, 0.717) is 0 Å². The largest absolute Gasteiger partial charge is 0.466 e. The van der Waals surface area contributed by atoms with Gasteiger partial charge in [-0.2, -0.15) is 13.2 Å². The van der Waals surface area contributed by atoms with Crippen molar-refractivity contribution in [1.29, 1.82) is 0 Å². The molecule has 7 heteroatoms. The maximum Gasteiger partial charge on any atom is 0.405 e. The zero-order chi connectivity index (χ0) is 11.9. The van der Waals surface area contributed by atoms with Gasteiger partial charge in [0.25, 0.3) is 0 Å². The van der Waals surface area contributed by atoms with Crippen molar-refractivity contribution in [3.05, 3.63) is 0 Å². The molecule has 0 unspecified atom stereocenters. The summed E-state index contributed by atoms with van der Waals surface area (Å²) in [6.07, 6.45) is -4.94. The van der Waals surface area contributed by atoms with Crippen molar-refractivity contribution in [2.24, 2.45) is 0 Å². The van der Waals surface area contributed by atoms with E-state index in [1.807, 2.05) is 0 Å². The van der Waals surface area contributed by atoms with E-state index < -0.39 is 24.6 Å². The molecular weight excluding hydrogens is 215 g/mol. The van der Waals surface area contributed by atoms with Gasteiger partial charge in [0.1, 0.15) is 6.54 Å². The lowest BCUT2D eigenvalue weighted by atomic mass is 10.3. The van der Waals surface area contributed by atoms with Gasteiger partial charge in [-0.05, 0) is 6.92 Å². The minimum Gasteiger partial charge on any atom is -0.466 e. The molecule has 0 saturated carbocycles. The molecule has 0 aliphatic carbocycles. The van der Waals surface area contributed by atoms with Gasteiger partial charge in [0.05, 0.1) is 13.0 Å². The molecule has 4 nitrogen and oxygen atoms in total. The summed E-state index contributed by atoms with van der Waals surface area (Å²) in [5, 5.41) is 1.65. The van der Waals surface area contributed by atoms with Gasteiger partial charge >= 0.3 is 12.1 Å². The topological polar surface area (TPSA) is 55.4 Å². The molecule has 0 saturated heterocycles. The Morgan fingerprint density at radius 2 is 1.87 bits per heavy atom. The lowest BCUT2D eigenvalue weighted by molar-refractivity contribution is -0.145. The number of nitrogens with one attached hydrogen (secondary N) is 1. The summed E-state index contributed by atoms with van der Waals surface area (Å²) in [7, 11) is 0. The van der Waals surface area contributed by atoms with Crippen LogP contribution >= 0.6 is 0 Å². The number of hydrogen-bond acceptors (Lipinski definition) is 3. The van der Waals surface area contributed by atoms with Crippen molar-refractivity contribution in [1.82, 2.24) is 5.32 Å². The molecule has 0 fully saturated rings. The SMILES string of the molecule is CCOC(=O)CCC(=O)NCC(F)(F)F. The van der Waals surface area contributed by atoms with Crippen LogP contribution in [0.4, 0.5) is 13.2 Å². The van der Waals surface area contributed by atoms with E-state index in [4.69, 9.17) is 0 Å². The highest BCUT2D eigenvalue weighted by Gasteiger charge is 2.27. The van der Waals surface area contributed by atoms with E-state index in [-0.39, 0.29) is 19.4 Å². The third kappa shape index (κ3) is 9.04. The summed E-state index contributed by atoms with van der Waals surface area (Å²) < 4.78 is 39.4.